The van der Waals surface area contributed by atoms with E-state index in [9.17, 15) is 4.79 Å². The summed E-state index contributed by atoms with van der Waals surface area (Å²) in [6.07, 6.45) is 5.91. The molecular formula is C22H27BrN2O2. The number of alkyl halides is 1. The third kappa shape index (κ3) is 8.04. The largest absolute Gasteiger partial charge is 0.494 e. The van der Waals surface area contributed by atoms with E-state index in [-0.39, 0.29) is 5.78 Å². The van der Waals surface area contributed by atoms with Crippen LogP contribution >= 0.6 is 15.9 Å². The molecule has 0 spiro atoms. The molecule has 1 unspecified atom stereocenters. The van der Waals surface area contributed by atoms with E-state index in [1.165, 1.54) is 25.7 Å². The highest BCUT2D eigenvalue weighted by atomic mass is 79.9. The van der Waals surface area contributed by atoms with Crippen LogP contribution in [0.1, 0.15) is 56.3 Å². The zero-order valence-corrected chi connectivity index (χ0v) is 17.6. The Labute approximate surface area is 170 Å². The molecule has 0 N–H and O–H groups in total. The van der Waals surface area contributed by atoms with E-state index in [2.05, 4.69) is 33.1 Å². The van der Waals surface area contributed by atoms with Gasteiger partial charge in [-0.15, -0.1) is 0 Å². The second-order valence-electron chi connectivity index (χ2n) is 6.50. The Balaban J connectivity index is 1.73. The fraction of sp³-hybridized carbons (Fsp3) is 0.409. The first kappa shape index (κ1) is 21.3. The van der Waals surface area contributed by atoms with Crippen molar-refractivity contribution in [3.8, 4) is 5.75 Å². The van der Waals surface area contributed by atoms with E-state index in [1.807, 2.05) is 24.3 Å². The molecule has 0 aliphatic rings. The maximum absolute atomic E-state index is 11.3. The number of rotatable bonds is 11. The molecule has 2 rings (SSSR count). The molecule has 0 aliphatic carbocycles. The van der Waals surface area contributed by atoms with Crippen LogP contribution in [0, 0.1) is 0 Å². The first-order valence-electron chi connectivity index (χ1n) is 9.48. The van der Waals surface area contributed by atoms with Crippen molar-refractivity contribution >= 4 is 33.1 Å². The van der Waals surface area contributed by atoms with Gasteiger partial charge in [-0.3, -0.25) is 4.79 Å². The van der Waals surface area contributed by atoms with Gasteiger partial charge in [-0.05, 0) is 74.7 Å². The zero-order chi connectivity index (χ0) is 19.5. The van der Waals surface area contributed by atoms with E-state index >= 15 is 0 Å². The van der Waals surface area contributed by atoms with Gasteiger partial charge < -0.3 is 4.74 Å². The lowest BCUT2D eigenvalue weighted by Gasteiger charge is -2.08. The van der Waals surface area contributed by atoms with Gasteiger partial charge in [0.1, 0.15) is 5.75 Å². The summed E-state index contributed by atoms with van der Waals surface area (Å²) in [7, 11) is 0. The zero-order valence-electron chi connectivity index (χ0n) is 16.0. The first-order valence-corrected chi connectivity index (χ1v) is 10.4. The number of unbranched alkanes of at least 4 members (excludes halogenated alkanes) is 2. The topological polar surface area (TPSA) is 51.0 Å². The van der Waals surface area contributed by atoms with Gasteiger partial charge in [-0.25, -0.2) is 0 Å². The second kappa shape index (κ2) is 11.7. The molecule has 5 heteroatoms. The smallest absolute Gasteiger partial charge is 0.159 e. The molecule has 0 saturated heterocycles. The summed E-state index contributed by atoms with van der Waals surface area (Å²) in [6.45, 7) is 4.49. The molecule has 4 nitrogen and oxygen atoms in total. The van der Waals surface area contributed by atoms with Gasteiger partial charge in [-0.1, -0.05) is 35.7 Å². The number of ketones is 1. The average Bonchev–Trinajstić information content (AvgIpc) is 2.70. The summed E-state index contributed by atoms with van der Waals surface area (Å²) < 4.78 is 5.78. The van der Waals surface area contributed by atoms with E-state index in [1.54, 1.807) is 31.2 Å². The van der Waals surface area contributed by atoms with Crippen molar-refractivity contribution in [1.82, 2.24) is 0 Å². The quantitative estimate of drug-likeness (QED) is 0.161. The van der Waals surface area contributed by atoms with Crippen LogP contribution in [0.4, 0.5) is 11.4 Å². The Bertz CT molecular complexity index is 727. The number of carbonyl (C=O) groups excluding carboxylic acids is 1. The van der Waals surface area contributed by atoms with Gasteiger partial charge in [0, 0.05) is 10.4 Å². The molecule has 0 aromatic heterocycles. The number of carbonyl (C=O) groups is 1. The van der Waals surface area contributed by atoms with E-state index < -0.39 is 0 Å². The number of nitrogens with zero attached hydrogens (tertiary/aromatic N) is 2. The Morgan fingerprint density at radius 1 is 0.963 bits per heavy atom. The van der Waals surface area contributed by atoms with Crippen molar-refractivity contribution in [2.45, 2.75) is 50.8 Å². The summed E-state index contributed by atoms with van der Waals surface area (Å²) in [6, 6.07) is 14.7. The molecule has 1 atom stereocenters. The third-order valence-electron chi connectivity index (χ3n) is 4.26. The van der Waals surface area contributed by atoms with Crippen molar-refractivity contribution in [1.29, 1.82) is 0 Å². The summed E-state index contributed by atoms with van der Waals surface area (Å²) in [5.74, 6) is 0.897. The van der Waals surface area contributed by atoms with Crippen LogP contribution in [0.25, 0.3) is 0 Å². The number of halogens is 1. The number of azo groups is 1. The van der Waals surface area contributed by atoms with Gasteiger partial charge in [0.05, 0.1) is 18.0 Å². The average molecular weight is 431 g/mol. The Morgan fingerprint density at radius 2 is 1.56 bits per heavy atom. The van der Waals surface area contributed by atoms with Crippen LogP contribution < -0.4 is 4.74 Å². The van der Waals surface area contributed by atoms with Crippen molar-refractivity contribution in [2.24, 2.45) is 10.2 Å². The van der Waals surface area contributed by atoms with Crippen molar-refractivity contribution in [3.63, 3.8) is 0 Å². The maximum Gasteiger partial charge on any atom is 0.159 e. The highest BCUT2D eigenvalue weighted by Crippen LogP contribution is 2.22. The van der Waals surface area contributed by atoms with Crippen LogP contribution in [0.2, 0.25) is 0 Å². The lowest BCUT2D eigenvalue weighted by atomic mass is 10.1. The normalized spacial score (nSPS) is 12.3. The molecular weight excluding hydrogens is 404 g/mol. The van der Waals surface area contributed by atoms with E-state index in [0.29, 0.717) is 16.1 Å². The molecule has 0 aliphatic heterocycles. The predicted octanol–water partition coefficient (Wildman–Crippen LogP) is 7.42. The molecule has 0 saturated carbocycles. The highest BCUT2D eigenvalue weighted by molar-refractivity contribution is 9.09. The summed E-state index contributed by atoms with van der Waals surface area (Å²) in [5.41, 5.74) is 2.16. The number of Topliss-reactive ketones (excluding diaryl/α,β-unsaturated/α-hetero) is 1. The molecule has 0 bridgehead atoms. The minimum Gasteiger partial charge on any atom is -0.494 e. The van der Waals surface area contributed by atoms with Crippen molar-refractivity contribution in [2.75, 3.05) is 6.61 Å². The molecule has 0 fully saturated rings. The van der Waals surface area contributed by atoms with E-state index in [4.69, 9.17) is 4.74 Å². The van der Waals surface area contributed by atoms with Crippen LogP contribution in [-0.4, -0.2) is 17.2 Å². The predicted molar refractivity (Wildman–Crippen MR) is 114 cm³/mol. The van der Waals surface area contributed by atoms with Crippen LogP contribution in [-0.2, 0) is 0 Å². The van der Waals surface area contributed by atoms with Gasteiger partial charge in [-0.2, -0.15) is 10.2 Å². The molecule has 2 aromatic carbocycles. The number of hydrogen-bond donors (Lipinski definition) is 0. The van der Waals surface area contributed by atoms with E-state index in [0.717, 1.165) is 24.5 Å². The lowest BCUT2D eigenvalue weighted by Crippen LogP contribution is -1.99. The number of hydrogen-bond acceptors (Lipinski definition) is 4. The van der Waals surface area contributed by atoms with Gasteiger partial charge in [0.15, 0.2) is 5.78 Å². The fourth-order valence-corrected chi connectivity index (χ4v) is 2.85. The van der Waals surface area contributed by atoms with Crippen LogP contribution in [0.5, 0.6) is 5.75 Å². The maximum atomic E-state index is 11.3. The molecule has 144 valence electrons. The third-order valence-corrected chi connectivity index (χ3v) is 5.37. The second-order valence-corrected chi connectivity index (χ2v) is 7.80. The Hall–Kier alpha value is -2.01. The highest BCUT2D eigenvalue weighted by Gasteiger charge is 2.01. The fourth-order valence-electron chi connectivity index (χ4n) is 2.53. The van der Waals surface area contributed by atoms with Crippen molar-refractivity contribution < 1.29 is 9.53 Å². The van der Waals surface area contributed by atoms with Gasteiger partial charge in [0.25, 0.3) is 0 Å². The monoisotopic (exact) mass is 430 g/mol. The van der Waals surface area contributed by atoms with Gasteiger partial charge in [0.2, 0.25) is 0 Å². The molecule has 0 amide bonds. The molecule has 0 radical (unpaired) electrons. The minimum absolute atomic E-state index is 0.0438. The minimum atomic E-state index is 0.0438. The van der Waals surface area contributed by atoms with Crippen molar-refractivity contribution in [3.05, 3.63) is 54.1 Å². The first-order chi connectivity index (χ1) is 13.1. The standard InChI is InChI=1S/C22H27BrN2O2/c1-3-19(23)7-5-4-6-16-27-22-14-12-21(13-15-22)25-24-20-10-8-18(9-11-20)17(2)26/h8-15,19H,3-7,16H2,1-2H3. The Morgan fingerprint density at radius 3 is 2.11 bits per heavy atom. The number of benzene rings is 2. The molecule has 2 aromatic rings. The molecule has 27 heavy (non-hydrogen) atoms. The summed E-state index contributed by atoms with van der Waals surface area (Å²) >= 11 is 3.66. The number of ether oxygens (including phenoxy) is 1. The lowest BCUT2D eigenvalue weighted by molar-refractivity contribution is 0.101. The summed E-state index contributed by atoms with van der Waals surface area (Å²) in [5, 5.41) is 8.41. The molecule has 0 heterocycles. The van der Waals surface area contributed by atoms with Crippen LogP contribution in [0.3, 0.4) is 0 Å². The summed E-state index contributed by atoms with van der Waals surface area (Å²) in [4.78, 5) is 11.9. The Kier molecular flexibility index (Phi) is 9.19. The van der Waals surface area contributed by atoms with Gasteiger partial charge >= 0.3 is 0 Å². The van der Waals surface area contributed by atoms with Crippen LogP contribution in [0.15, 0.2) is 58.8 Å². The SMILES string of the molecule is CCC(Br)CCCCCOc1ccc(N=Nc2ccc(C(C)=O)cc2)cc1.